The lowest BCUT2D eigenvalue weighted by Gasteiger charge is -2.08. The van der Waals surface area contributed by atoms with Crippen LogP contribution in [0.2, 0.25) is 0 Å². The zero-order valence-electron chi connectivity index (χ0n) is 14.4. The maximum atomic E-state index is 12.2. The molecular formula is C19H21N3O2S. The maximum Gasteiger partial charge on any atom is 0.251 e. The van der Waals surface area contributed by atoms with E-state index in [-0.39, 0.29) is 5.91 Å². The van der Waals surface area contributed by atoms with E-state index in [4.69, 9.17) is 0 Å². The van der Waals surface area contributed by atoms with Crippen molar-refractivity contribution >= 4 is 27.7 Å². The van der Waals surface area contributed by atoms with Crippen molar-refractivity contribution in [2.45, 2.75) is 24.8 Å². The van der Waals surface area contributed by atoms with E-state index in [1.54, 1.807) is 30.5 Å². The van der Waals surface area contributed by atoms with Gasteiger partial charge < -0.3 is 9.88 Å². The second kappa shape index (κ2) is 7.61. The molecule has 5 nitrogen and oxygen atoms in total. The first kappa shape index (κ1) is 17.4. The van der Waals surface area contributed by atoms with Gasteiger partial charge in [0.2, 0.25) is 0 Å². The molecule has 0 radical (unpaired) electrons. The fraction of sp³-hybridized carbons (Fsp3) is 0.263. The molecular weight excluding hydrogens is 334 g/mol. The topological polar surface area (TPSA) is 64.0 Å². The van der Waals surface area contributed by atoms with Gasteiger partial charge in [-0.1, -0.05) is 12.1 Å². The highest BCUT2D eigenvalue weighted by Gasteiger charge is 2.10. The Morgan fingerprint density at radius 1 is 1.16 bits per heavy atom. The summed E-state index contributed by atoms with van der Waals surface area (Å²) in [7, 11) is -1.04. The minimum absolute atomic E-state index is 0.132. The number of carbonyl (C=O) groups excluding carboxylic acids is 1. The van der Waals surface area contributed by atoms with Gasteiger partial charge in [-0.2, -0.15) is 0 Å². The van der Waals surface area contributed by atoms with E-state index in [9.17, 15) is 9.00 Å². The average molecular weight is 355 g/mol. The third-order valence-corrected chi connectivity index (χ3v) is 5.07. The Kier molecular flexibility index (Phi) is 5.28. The van der Waals surface area contributed by atoms with Crippen LogP contribution in [0.4, 0.5) is 0 Å². The van der Waals surface area contributed by atoms with Crippen LogP contribution in [-0.2, 0) is 23.8 Å². The molecule has 0 unspecified atom stereocenters. The van der Waals surface area contributed by atoms with Crippen molar-refractivity contribution in [3.63, 3.8) is 0 Å². The van der Waals surface area contributed by atoms with Gasteiger partial charge in [-0.25, -0.2) is 4.98 Å². The van der Waals surface area contributed by atoms with E-state index < -0.39 is 10.8 Å². The van der Waals surface area contributed by atoms with E-state index >= 15 is 0 Å². The van der Waals surface area contributed by atoms with Gasteiger partial charge >= 0.3 is 0 Å². The lowest BCUT2D eigenvalue weighted by atomic mass is 10.2. The number of para-hydroxylation sites is 2. The molecule has 0 aliphatic carbocycles. The fourth-order valence-electron chi connectivity index (χ4n) is 2.86. The first-order chi connectivity index (χ1) is 12.1. The summed E-state index contributed by atoms with van der Waals surface area (Å²) in [5.41, 5.74) is 2.67. The van der Waals surface area contributed by atoms with Gasteiger partial charge in [0, 0.05) is 47.0 Å². The minimum atomic E-state index is -1.04. The molecule has 0 saturated heterocycles. The summed E-state index contributed by atoms with van der Waals surface area (Å²) in [6.45, 7) is 3.46. The summed E-state index contributed by atoms with van der Waals surface area (Å²) in [4.78, 5) is 17.6. The van der Waals surface area contributed by atoms with Crippen molar-refractivity contribution in [1.82, 2.24) is 14.9 Å². The van der Waals surface area contributed by atoms with Crippen molar-refractivity contribution in [2.75, 3.05) is 12.8 Å². The predicted molar refractivity (Wildman–Crippen MR) is 100 cm³/mol. The first-order valence-electron chi connectivity index (χ1n) is 8.26. The van der Waals surface area contributed by atoms with E-state index in [0.717, 1.165) is 23.4 Å². The van der Waals surface area contributed by atoms with Crippen LogP contribution in [0.5, 0.6) is 0 Å². The molecule has 3 rings (SSSR count). The Labute approximate surface area is 149 Å². The second-order valence-electron chi connectivity index (χ2n) is 5.75. The molecule has 3 aromatic rings. The van der Waals surface area contributed by atoms with E-state index in [1.807, 2.05) is 18.2 Å². The number of benzene rings is 2. The number of amides is 1. The molecule has 25 heavy (non-hydrogen) atoms. The van der Waals surface area contributed by atoms with Gasteiger partial charge in [0.1, 0.15) is 5.82 Å². The predicted octanol–water partition coefficient (Wildman–Crippen LogP) is 2.77. The molecule has 1 aromatic heterocycles. The third-order valence-electron chi connectivity index (χ3n) is 4.13. The Morgan fingerprint density at radius 2 is 1.88 bits per heavy atom. The number of fused-ring (bicyclic) bond motifs is 1. The van der Waals surface area contributed by atoms with Gasteiger partial charge in [0.15, 0.2) is 0 Å². The Hall–Kier alpha value is -2.47. The quantitative estimate of drug-likeness (QED) is 0.739. The monoisotopic (exact) mass is 355 g/mol. The number of carbonyl (C=O) groups is 1. The summed E-state index contributed by atoms with van der Waals surface area (Å²) in [5, 5.41) is 2.92. The highest BCUT2D eigenvalue weighted by Crippen LogP contribution is 2.16. The smallest absolute Gasteiger partial charge is 0.251 e. The van der Waals surface area contributed by atoms with Crippen LogP contribution in [0, 0.1) is 0 Å². The third kappa shape index (κ3) is 3.79. The molecule has 6 heteroatoms. The Bertz CT molecular complexity index is 916. The first-order valence-corrected chi connectivity index (χ1v) is 9.81. The van der Waals surface area contributed by atoms with Crippen molar-refractivity contribution in [3.05, 3.63) is 59.9 Å². The molecule has 0 fully saturated rings. The van der Waals surface area contributed by atoms with Gasteiger partial charge in [-0.3, -0.25) is 9.00 Å². The Morgan fingerprint density at radius 3 is 2.56 bits per heavy atom. The average Bonchev–Trinajstić information content (AvgIpc) is 2.99. The van der Waals surface area contributed by atoms with Crippen LogP contribution >= 0.6 is 0 Å². The largest absolute Gasteiger partial charge is 0.352 e. The highest BCUT2D eigenvalue weighted by molar-refractivity contribution is 7.84. The van der Waals surface area contributed by atoms with E-state index in [2.05, 4.69) is 27.9 Å². The number of hydrogen-bond acceptors (Lipinski definition) is 3. The Balaban J connectivity index is 1.64. The van der Waals surface area contributed by atoms with Gasteiger partial charge in [0.25, 0.3) is 5.91 Å². The lowest BCUT2D eigenvalue weighted by molar-refractivity contribution is 0.0954. The number of hydrogen-bond donors (Lipinski definition) is 1. The highest BCUT2D eigenvalue weighted by atomic mass is 32.2. The number of aromatic nitrogens is 2. The van der Waals surface area contributed by atoms with Crippen LogP contribution in [0.3, 0.4) is 0 Å². The van der Waals surface area contributed by atoms with Crippen molar-refractivity contribution in [2.24, 2.45) is 0 Å². The van der Waals surface area contributed by atoms with Crippen molar-refractivity contribution in [1.29, 1.82) is 0 Å². The molecule has 0 saturated carbocycles. The van der Waals surface area contributed by atoms with E-state index in [1.165, 1.54) is 0 Å². The van der Waals surface area contributed by atoms with Crippen LogP contribution in [-0.4, -0.2) is 32.5 Å². The summed E-state index contributed by atoms with van der Waals surface area (Å²) >= 11 is 0. The van der Waals surface area contributed by atoms with E-state index in [0.29, 0.717) is 23.4 Å². The zero-order chi connectivity index (χ0) is 17.8. The molecule has 0 aliphatic heterocycles. The van der Waals surface area contributed by atoms with Gasteiger partial charge in [-0.05, 0) is 43.3 Å². The second-order valence-corrected chi connectivity index (χ2v) is 7.13. The lowest BCUT2D eigenvalue weighted by Crippen LogP contribution is -2.26. The normalized spacial score (nSPS) is 12.2. The van der Waals surface area contributed by atoms with Crippen LogP contribution < -0.4 is 5.32 Å². The molecule has 0 aliphatic rings. The number of nitrogens with one attached hydrogen (secondary N) is 1. The molecule has 1 amide bonds. The SMILES string of the molecule is CCn1c(CCNC(=O)c2ccc([S@](C)=O)cc2)nc2ccccc21. The summed E-state index contributed by atoms with van der Waals surface area (Å²) in [6.07, 6.45) is 2.29. The molecule has 130 valence electrons. The maximum absolute atomic E-state index is 12.2. The standard InChI is InChI=1S/C19H21N3O2S/c1-3-22-17-7-5-4-6-16(17)21-18(22)12-13-20-19(23)14-8-10-15(11-9-14)25(2)24/h4-11H,3,12-13H2,1-2H3,(H,20,23)/t25-/m0/s1. The summed E-state index contributed by atoms with van der Waals surface area (Å²) in [5.74, 6) is 0.841. The molecule has 1 atom stereocenters. The molecule has 0 spiro atoms. The fourth-order valence-corrected chi connectivity index (χ4v) is 3.38. The van der Waals surface area contributed by atoms with Crippen molar-refractivity contribution in [3.8, 4) is 0 Å². The molecule has 0 bridgehead atoms. The van der Waals surface area contributed by atoms with Crippen LogP contribution in [0.15, 0.2) is 53.4 Å². The number of imidazole rings is 1. The van der Waals surface area contributed by atoms with Crippen LogP contribution in [0.25, 0.3) is 11.0 Å². The molecule has 1 heterocycles. The molecule has 2 aromatic carbocycles. The minimum Gasteiger partial charge on any atom is -0.352 e. The van der Waals surface area contributed by atoms with Gasteiger partial charge in [-0.15, -0.1) is 0 Å². The summed E-state index contributed by atoms with van der Waals surface area (Å²) < 4.78 is 13.6. The number of rotatable bonds is 6. The van der Waals surface area contributed by atoms with Crippen molar-refractivity contribution < 1.29 is 9.00 Å². The van der Waals surface area contributed by atoms with Crippen LogP contribution in [0.1, 0.15) is 23.1 Å². The van der Waals surface area contributed by atoms with Gasteiger partial charge in [0.05, 0.1) is 11.0 Å². The number of aryl methyl sites for hydroxylation is 1. The molecule has 1 N–H and O–H groups in total. The summed E-state index contributed by atoms with van der Waals surface area (Å²) in [6, 6.07) is 14.9. The zero-order valence-corrected chi connectivity index (χ0v) is 15.2. The number of nitrogens with zero attached hydrogens (tertiary/aromatic N) is 2.